The normalized spacial score (nSPS) is 11.7. The zero-order chi connectivity index (χ0) is 25.7. The van der Waals surface area contributed by atoms with Gasteiger partial charge in [0.2, 0.25) is 0 Å². The van der Waals surface area contributed by atoms with E-state index in [1.54, 1.807) is 13.2 Å². The molecule has 4 rings (SSSR count). The number of amides is 1. The van der Waals surface area contributed by atoms with Crippen molar-refractivity contribution in [3.63, 3.8) is 0 Å². The second-order valence-electron chi connectivity index (χ2n) is 8.87. The number of H-pyrrole nitrogens is 1. The monoisotopic (exact) mass is 482 g/mol. The number of nitrogens with two attached hydrogens (primary N) is 1. The number of rotatable bonds is 8. The Labute approximate surface area is 211 Å². The molecule has 1 atom stereocenters. The molecule has 6 nitrogen and oxygen atoms in total. The quantitative estimate of drug-likeness (QED) is 0.315. The lowest BCUT2D eigenvalue weighted by Gasteiger charge is -2.23. The zero-order valence-corrected chi connectivity index (χ0v) is 20.7. The van der Waals surface area contributed by atoms with Crippen molar-refractivity contribution < 1.29 is 19.4 Å². The topological polar surface area (TPSA) is 97.6 Å². The molecule has 6 heteroatoms. The third-order valence-corrected chi connectivity index (χ3v) is 5.99. The lowest BCUT2D eigenvalue weighted by Crippen LogP contribution is -2.19. The Bertz CT molecular complexity index is 1440. The van der Waals surface area contributed by atoms with E-state index in [0.717, 1.165) is 22.0 Å². The fourth-order valence-corrected chi connectivity index (χ4v) is 4.30. The number of aliphatic hydroxyl groups excluding tert-OH is 1. The lowest BCUT2D eigenvalue weighted by atomic mass is 9.88. The minimum atomic E-state index is -0.614. The molecule has 184 valence electrons. The molecule has 4 N–H and O–H groups in total. The predicted molar refractivity (Wildman–Crippen MR) is 142 cm³/mol. The van der Waals surface area contributed by atoms with E-state index < -0.39 is 5.91 Å². The summed E-state index contributed by atoms with van der Waals surface area (Å²) in [6, 6.07) is 19.0. The summed E-state index contributed by atoms with van der Waals surface area (Å²) in [5, 5.41) is 11.6. The van der Waals surface area contributed by atoms with Crippen LogP contribution in [0.4, 0.5) is 0 Å². The van der Waals surface area contributed by atoms with Crippen molar-refractivity contribution in [3.8, 4) is 23.3 Å². The van der Waals surface area contributed by atoms with Crippen LogP contribution in [0.25, 0.3) is 10.9 Å². The van der Waals surface area contributed by atoms with Gasteiger partial charge in [-0.05, 0) is 56.2 Å². The summed E-state index contributed by atoms with van der Waals surface area (Å²) in [7, 11) is 1.60. The third kappa shape index (κ3) is 5.37. The minimum absolute atomic E-state index is 0.143. The number of hydrogen-bond acceptors (Lipinski definition) is 4. The SMILES string of the molecule is COc1ccccc1C#Cc1cc(C(N)=O)c(OC(C)C)c([C@H](CO)Cc2c[nH]c3ccccc23)c1. The second kappa shape index (κ2) is 11.0. The molecule has 1 aromatic heterocycles. The Hall–Kier alpha value is -4.21. The molecule has 0 fully saturated rings. The number of aliphatic hydroxyl groups is 1. The number of benzene rings is 3. The summed E-state index contributed by atoms with van der Waals surface area (Å²) in [4.78, 5) is 15.8. The van der Waals surface area contributed by atoms with Gasteiger partial charge in [-0.25, -0.2) is 0 Å². The van der Waals surface area contributed by atoms with Crippen molar-refractivity contribution in [3.05, 3.63) is 94.7 Å². The Balaban J connectivity index is 1.83. The largest absolute Gasteiger partial charge is 0.495 e. The molecule has 1 amide bonds. The summed E-state index contributed by atoms with van der Waals surface area (Å²) in [6.07, 6.45) is 2.30. The number of nitrogens with one attached hydrogen (secondary N) is 1. The van der Waals surface area contributed by atoms with Gasteiger partial charge in [0, 0.05) is 34.1 Å². The van der Waals surface area contributed by atoms with Gasteiger partial charge in [0.15, 0.2) is 0 Å². The average Bonchev–Trinajstić information content (AvgIpc) is 3.29. The van der Waals surface area contributed by atoms with Gasteiger partial charge in [-0.1, -0.05) is 42.2 Å². The first kappa shape index (κ1) is 24.9. The third-order valence-electron chi connectivity index (χ3n) is 5.99. The van der Waals surface area contributed by atoms with E-state index in [1.807, 2.05) is 74.6 Å². The van der Waals surface area contributed by atoms with Crippen LogP contribution in [0.3, 0.4) is 0 Å². The maximum absolute atomic E-state index is 12.5. The Kier molecular flexibility index (Phi) is 7.62. The number of carbonyl (C=O) groups excluding carboxylic acids is 1. The molecule has 0 unspecified atom stereocenters. The number of aromatic nitrogens is 1. The molecule has 0 spiro atoms. The van der Waals surface area contributed by atoms with Gasteiger partial charge in [-0.3, -0.25) is 4.79 Å². The van der Waals surface area contributed by atoms with Gasteiger partial charge in [0.05, 0.1) is 30.9 Å². The number of methoxy groups -OCH3 is 1. The number of fused-ring (bicyclic) bond motifs is 1. The maximum Gasteiger partial charge on any atom is 0.252 e. The van der Waals surface area contributed by atoms with E-state index in [1.165, 1.54) is 0 Å². The highest BCUT2D eigenvalue weighted by Crippen LogP contribution is 2.36. The van der Waals surface area contributed by atoms with Crippen molar-refractivity contribution in [2.75, 3.05) is 13.7 Å². The van der Waals surface area contributed by atoms with Crippen LogP contribution in [-0.2, 0) is 6.42 Å². The van der Waals surface area contributed by atoms with E-state index in [-0.39, 0.29) is 24.2 Å². The molecular formula is C30H30N2O4. The maximum atomic E-state index is 12.5. The predicted octanol–water partition coefficient (Wildman–Crippen LogP) is 4.78. The molecule has 0 aliphatic heterocycles. The average molecular weight is 483 g/mol. The van der Waals surface area contributed by atoms with Gasteiger partial charge in [-0.15, -0.1) is 0 Å². The Morgan fingerprint density at radius 1 is 1.08 bits per heavy atom. The van der Waals surface area contributed by atoms with Crippen LogP contribution in [0.2, 0.25) is 0 Å². The molecule has 1 heterocycles. The van der Waals surface area contributed by atoms with Crippen LogP contribution in [0.5, 0.6) is 11.5 Å². The number of para-hydroxylation sites is 2. The van der Waals surface area contributed by atoms with Crippen molar-refractivity contribution in [1.82, 2.24) is 4.98 Å². The molecule has 0 aliphatic carbocycles. The molecule has 4 aromatic rings. The van der Waals surface area contributed by atoms with Gasteiger partial charge >= 0.3 is 0 Å². The van der Waals surface area contributed by atoms with E-state index in [0.29, 0.717) is 29.0 Å². The van der Waals surface area contributed by atoms with E-state index in [4.69, 9.17) is 15.2 Å². The van der Waals surface area contributed by atoms with Gasteiger partial charge in [-0.2, -0.15) is 0 Å². The molecule has 36 heavy (non-hydrogen) atoms. The summed E-state index contributed by atoms with van der Waals surface area (Å²) < 4.78 is 11.5. The van der Waals surface area contributed by atoms with Crippen LogP contribution in [-0.4, -0.2) is 35.8 Å². The fourth-order valence-electron chi connectivity index (χ4n) is 4.30. The van der Waals surface area contributed by atoms with Crippen LogP contribution in [0.15, 0.2) is 66.9 Å². The molecule has 0 radical (unpaired) electrons. The summed E-state index contributed by atoms with van der Waals surface area (Å²) >= 11 is 0. The Morgan fingerprint density at radius 2 is 1.83 bits per heavy atom. The molecule has 0 aliphatic rings. The summed E-state index contributed by atoms with van der Waals surface area (Å²) in [5.41, 5.74) is 10.1. The van der Waals surface area contributed by atoms with Crippen molar-refractivity contribution >= 4 is 16.8 Å². The molecular weight excluding hydrogens is 452 g/mol. The first-order chi connectivity index (χ1) is 17.4. The van der Waals surface area contributed by atoms with E-state index >= 15 is 0 Å². The standard InChI is InChI=1S/C30H30N2O4/c1-19(2)36-29-25(23(18-33)16-22-17-32-27-10-6-5-9-24(22)27)14-20(15-26(29)30(31)34)12-13-21-8-4-7-11-28(21)35-3/h4-11,14-15,17,19,23,32-33H,16,18H2,1-3H3,(H2,31,34)/t23-/m0/s1. The van der Waals surface area contributed by atoms with Crippen LogP contribution in [0, 0.1) is 11.8 Å². The zero-order valence-electron chi connectivity index (χ0n) is 20.7. The fraction of sp³-hybridized carbons (Fsp3) is 0.233. The van der Waals surface area contributed by atoms with Crippen molar-refractivity contribution in [2.45, 2.75) is 32.3 Å². The van der Waals surface area contributed by atoms with Crippen LogP contribution in [0.1, 0.15) is 52.4 Å². The van der Waals surface area contributed by atoms with Crippen molar-refractivity contribution in [1.29, 1.82) is 0 Å². The highest BCUT2D eigenvalue weighted by molar-refractivity contribution is 5.96. The van der Waals surface area contributed by atoms with E-state index in [2.05, 4.69) is 16.8 Å². The van der Waals surface area contributed by atoms with Gasteiger partial charge in [0.25, 0.3) is 5.91 Å². The first-order valence-electron chi connectivity index (χ1n) is 11.9. The smallest absolute Gasteiger partial charge is 0.252 e. The number of hydrogen-bond donors (Lipinski definition) is 3. The molecule has 0 saturated carbocycles. The van der Waals surface area contributed by atoms with Crippen LogP contribution >= 0.6 is 0 Å². The number of primary amides is 1. The molecule has 3 aromatic carbocycles. The minimum Gasteiger partial charge on any atom is -0.495 e. The first-order valence-corrected chi connectivity index (χ1v) is 11.9. The summed E-state index contributed by atoms with van der Waals surface area (Å²) in [6.45, 7) is 3.63. The lowest BCUT2D eigenvalue weighted by molar-refractivity contribution is 0.0994. The number of ether oxygens (including phenoxy) is 2. The molecule has 0 bridgehead atoms. The highest BCUT2D eigenvalue weighted by atomic mass is 16.5. The van der Waals surface area contributed by atoms with Crippen LogP contribution < -0.4 is 15.2 Å². The van der Waals surface area contributed by atoms with Gasteiger partial charge in [0.1, 0.15) is 11.5 Å². The van der Waals surface area contributed by atoms with E-state index in [9.17, 15) is 9.90 Å². The Morgan fingerprint density at radius 3 is 2.56 bits per heavy atom. The summed E-state index contributed by atoms with van der Waals surface area (Å²) in [5.74, 6) is 6.35. The van der Waals surface area contributed by atoms with Gasteiger partial charge < -0.3 is 25.3 Å². The van der Waals surface area contributed by atoms with Crippen molar-refractivity contribution in [2.24, 2.45) is 5.73 Å². The number of carbonyl (C=O) groups is 1. The molecule has 0 saturated heterocycles. The number of aromatic amines is 1. The highest BCUT2D eigenvalue weighted by Gasteiger charge is 2.24. The second-order valence-corrected chi connectivity index (χ2v) is 8.87.